The summed E-state index contributed by atoms with van der Waals surface area (Å²) in [6.07, 6.45) is 1.76. The highest BCUT2D eigenvalue weighted by atomic mass is 79.9. The average Bonchev–Trinajstić information content (AvgIpc) is 3.23. The van der Waals surface area contributed by atoms with Crippen LogP contribution in [0.15, 0.2) is 59.1 Å². The number of nitrogens with zero attached hydrogens (tertiary/aromatic N) is 2. The van der Waals surface area contributed by atoms with Gasteiger partial charge in [0.1, 0.15) is 18.5 Å². The summed E-state index contributed by atoms with van der Waals surface area (Å²) in [5, 5.41) is 10.7. The van der Waals surface area contributed by atoms with Gasteiger partial charge in [-0.15, -0.1) is 0 Å². The molecule has 0 atom stereocenters. The van der Waals surface area contributed by atoms with Gasteiger partial charge in [-0.05, 0) is 76.5 Å². The van der Waals surface area contributed by atoms with Crippen molar-refractivity contribution in [2.24, 2.45) is 0 Å². The van der Waals surface area contributed by atoms with Gasteiger partial charge in [-0.25, -0.2) is 4.98 Å². The van der Waals surface area contributed by atoms with E-state index in [0.717, 1.165) is 22.2 Å². The van der Waals surface area contributed by atoms with Gasteiger partial charge in [0.05, 0.1) is 37.7 Å². The van der Waals surface area contributed by atoms with Crippen molar-refractivity contribution in [3.05, 3.63) is 86.1 Å². The quantitative estimate of drug-likeness (QED) is 0.243. The van der Waals surface area contributed by atoms with Gasteiger partial charge < -0.3 is 14.5 Å². The van der Waals surface area contributed by atoms with Crippen LogP contribution < -0.4 is 9.47 Å². The second-order valence-electron chi connectivity index (χ2n) is 7.07. The Kier molecular flexibility index (Phi) is 7.24. The molecule has 8 heteroatoms. The number of nitriles is 1. The number of fused-ring (bicyclic) bond motifs is 1. The van der Waals surface area contributed by atoms with Crippen LogP contribution in [0.25, 0.3) is 22.7 Å². The molecule has 0 saturated heterocycles. The minimum absolute atomic E-state index is 0.285. The number of allylic oxidation sites excluding steroid dienone is 1. The van der Waals surface area contributed by atoms with Gasteiger partial charge in [-0.1, -0.05) is 41.4 Å². The van der Waals surface area contributed by atoms with Crippen LogP contribution in [0.5, 0.6) is 11.5 Å². The Hall–Kier alpha value is -2.98. The number of H-pyrrole nitrogens is 1. The number of ether oxygens (including phenoxy) is 2. The number of hydrogen-bond acceptors (Lipinski definition) is 4. The van der Waals surface area contributed by atoms with E-state index in [0.29, 0.717) is 44.0 Å². The SMILES string of the molecule is CCOc1cc(/C=C(\C#N)c2nc3ccccc3[nH]2)cc(Br)c1OCc1ccc(Cl)c(Cl)c1. The molecule has 0 aliphatic carbocycles. The summed E-state index contributed by atoms with van der Waals surface area (Å²) >= 11 is 15.7. The minimum Gasteiger partial charge on any atom is -0.490 e. The molecule has 0 spiro atoms. The third-order valence-corrected chi connectivity index (χ3v) is 6.10. The van der Waals surface area contributed by atoms with Crippen molar-refractivity contribution in [3.63, 3.8) is 0 Å². The fourth-order valence-corrected chi connectivity index (χ4v) is 4.15. The number of aromatic nitrogens is 2. The van der Waals surface area contributed by atoms with Crippen molar-refractivity contribution < 1.29 is 9.47 Å². The fraction of sp³-hybridized carbons (Fsp3) is 0.120. The van der Waals surface area contributed by atoms with Gasteiger partial charge in [0.15, 0.2) is 11.5 Å². The van der Waals surface area contributed by atoms with Crippen LogP contribution >= 0.6 is 39.1 Å². The fourth-order valence-electron chi connectivity index (χ4n) is 3.26. The molecule has 0 aliphatic heterocycles. The van der Waals surface area contributed by atoms with Crippen molar-refractivity contribution in [1.82, 2.24) is 9.97 Å². The molecular weight excluding hydrogens is 525 g/mol. The van der Waals surface area contributed by atoms with E-state index in [4.69, 9.17) is 32.7 Å². The van der Waals surface area contributed by atoms with E-state index in [2.05, 4.69) is 32.0 Å². The standard InChI is InChI=1S/C25H18BrCl2N3O2/c1-2-32-23-12-16(9-17(13-29)25-30-21-5-3-4-6-22(21)31-25)10-18(26)24(23)33-14-15-7-8-19(27)20(28)11-15/h3-12H,2,14H2,1H3,(H,30,31)/b17-9+. The molecule has 166 valence electrons. The minimum atomic E-state index is 0.285. The summed E-state index contributed by atoms with van der Waals surface area (Å²) in [4.78, 5) is 7.71. The molecule has 1 heterocycles. The molecule has 0 aliphatic rings. The van der Waals surface area contributed by atoms with Crippen molar-refractivity contribution in [3.8, 4) is 17.6 Å². The topological polar surface area (TPSA) is 70.9 Å². The highest BCUT2D eigenvalue weighted by Gasteiger charge is 2.14. The number of hydrogen-bond donors (Lipinski definition) is 1. The second kappa shape index (κ2) is 10.3. The summed E-state index contributed by atoms with van der Waals surface area (Å²) in [6.45, 7) is 2.64. The number of nitrogens with one attached hydrogen (secondary N) is 1. The third kappa shape index (κ3) is 5.33. The molecule has 33 heavy (non-hydrogen) atoms. The lowest BCUT2D eigenvalue weighted by Crippen LogP contribution is -2.01. The van der Waals surface area contributed by atoms with Crippen molar-refractivity contribution in [1.29, 1.82) is 5.26 Å². The largest absolute Gasteiger partial charge is 0.490 e. The molecule has 4 aromatic rings. The van der Waals surface area contributed by atoms with Gasteiger partial charge >= 0.3 is 0 Å². The van der Waals surface area contributed by atoms with E-state index in [-0.39, 0.29) is 6.61 Å². The molecule has 0 bridgehead atoms. The molecule has 0 amide bonds. The smallest absolute Gasteiger partial charge is 0.175 e. The molecule has 1 N–H and O–H groups in total. The van der Waals surface area contributed by atoms with E-state index in [1.54, 1.807) is 18.2 Å². The number of halogens is 3. The Balaban J connectivity index is 1.65. The summed E-state index contributed by atoms with van der Waals surface area (Å²) in [5.74, 6) is 1.62. The van der Waals surface area contributed by atoms with Gasteiger partial charge in [0, 0.05) is 0 Å². The van der Waals surface area contributed by atoms with Gasteiger partial charge in [0.2, 0.25) is 0 Å². The van der Waals surface area contributed by atoms with Crippen LogP contribution in [0.3, 0.4) is 0 Å². The zero-order chi connectivity index (χ0) is 23.4. The van der Waals surface area contributed by atoms with Crippen LogP contribution in [-0.2, 0) is 6.61 Å². The highest BCUT2D eigenvalue weighted by Crippen LogP contribution is 2.38. The first-order chi connectivity index (χ1) is 16.0. The van der Waals surface area contributed by atoms with Crippen LogP contribution in [0.2, 0.25) is 10.0 Å². The van der Waals surface area contributed by atoms with Gasteiger partial charge in [-0.2, -0.15) is 5.26 Å². The summed E-state index contributed by atoms with van der Waals surface area (Å²) in [5.41, 5.74) is 3.72. The van der Waals surface area contributed by atoms with E-state index in [9.17, 15) is 5.26 Å². The normalized spacial score (nSPS) is 11.4. The molecule has 5 nitrogen and oxygen atoms in total. The predicted molar refractivity (Wildman–Crippen MR) is 136 cm³/mol. The molecule has 3 aromatic carbocycles. The molecule has 0 saturated carbocycles. The van der Waals surface area contributed by atoms with E-state index < -0.39 is 0 Å². The van der Waals surface area contributed by atoms with Crippen molar-refractivity contribution in [2.45, 2.75) is 13.5 Å². The van der Waals surface area contributed by atoms with Crippen LogP contribution in [0.4, 0.5) is 0 Å². The average molecular weight is 543 g/mol. The maximum absolute atomic E-state index is 9.75. The van der Waals surface area contributed by atoms with E-state index in [1.807, 2.05) is 49.4 Å². The van der Waals surface area contributed by atoms with Gasteiger partial charge in [-0.3, -0.25) is 0 Å². The summed E-state index contributed by atoms with van der Waals surface area (Å²) in [6, 6.07) is 18.9. The number of benzene rings is 3. The Morgan fingerprint density at radius 2 is 1.94 bits per heavy atom. The molecule has 4 rings (SSSR count). The van der Waals surface area contributed by atoms with Crippen LogP contribution in [-0.4, -0.2) is 16.6 Å². The molecule has 0 unspecified atom stereocenters. The Morgan fingerprint density at radius 1 is 1.12 bits per heavy atom. The third-order valence-electron chi connectivity index (χ3n) is 4.77. The number of imidazole rings is 1. The lowest BCUT2D eigenvalue weighted by atomic mass is 10.1. The number of aromatic amines is 1. The Morgan fingerprint density at radius 3 is 2.67 bits per heavy atom. The molecule has 0 radical (unpaired) electrons. The zero-order valence-electron chi connectivity index (χ0n) is 17.5. The maximum atomic E-state index is 9.75. The monoisotopic (exact) mass is 541 g/mol. The first-order valence-corrected chi connectivity index (χ1v) is 11.6. The van der Waals surface area contributed by atoms with Crippen LogP contribution in [0.1, 0.15) is 23.9 Å². The first-order valence-electron chi connectivity index (χ1n) is 10.1. The van der Waals surface area contributed by atoms with Crippen molar-refractivity contribution in [2.75, 3.05) is 6.61 Å². The number of rotatable bonds is 7. The Bertz CT molecular complexity index is 1360. The van der Waals surface area contributed by atoms with E-state index >= 15 is 0 Å². The van der Waals surface area contributed by atoms with Gasteiger partial charge in [0.25, 0.3) is 0 Å². The zero-order valence-corrected chi connectivity index (χ0v) is 20.6. The van der Waals surface area contributed by atoms with Crippen molar-refractivity contribution >= 4 is 61.8 Å². The summed E-state index contributed by atoms with van der Waals surface area (Å²) in [7, 11) is 0. The van der Waals surface area contributed by atoms with Crippen LogP contribution in [0, 0.1) is 11.3 Å². The van der Waals surface area contributed by atoms with E-state index in [1.165, 1.54) is 0 Å². The molecule has 1 aromatic heterocycles. The lowest BCUT2D eigenvalue weighted by Gasteiger charge is -2.15. The second-order valence-corrected chi connectivity index (χ2v) is 8.74. The molecular formula is C25H18BrCl2N3O2. The lowest BCUT2D eigenvalue weighted by molar-refractivity contribution is 0.267. The first kappa shape index (κ1) is 23.2. The highest BCUT2D eigenvalue weighted by molar-refractivity contribution is 9.10. The summed E-state index contributed by atoms with van der Waals surface area (Å²) < 4.78 is 12.6. The Labute approximate surface area is 209 Å². The molecule has 0 fully saturated rings. The predicted octanol–water partition coefficient (Wildman–Crippen LogP) is 7.67. The maximum Gasteiger partial charge on any atom is 0.175 e. The number of para-hydroxylation sites is 2.